The minimum absolute atomic E-state index is 0.0522. The van der Waals surface area contributed by atoms with Crippen molar-refractivity contribution in [3.8, 4) is 11.1 Å². The third-order valence-corrected chi connectivity index (χ3v) is 5.54. The van der Waals surface area contributed by atoms with E-state index in [1.807, 2.05) is 36.5 Å². The SMILES string of the molecule is Cc1ccc(CSc2nc3c(-c4ccccc4)c[nH]c3c(=O)n2C)cc1. The average Bonchev–Trinajstić information content (AvgIpc) is 3.09. The van der Waals surface area contributed by atoms with Crippen molar-refractivity contribution >= 4 is 22.8 Å². The molecular formula is C21H19N3OS. The van der Waals surface area contributed by atoms with E-state index in [1.54, 1.807) is 23.4 Å². The monoisotopic (exact) mass is 361 g/mol. The van der Waals surface area contributed by atoms with Crippen LogP contribution in [0.15, 0.2) is 70.7 Å². The zero-order chi connectivity index (χ0) is 18.1. The van der Waals surface area contributed by atoms with E-state index in [1.165, 1.54) is 11.1 Å². The highest BCUT2D eigenvalue weighted by Crippen LogP contribution is 2.28. The predicted octanol–water partition coefficient (Wildman–Crippen LogP) is 4.53. The second kappa shape index (κ2) is 6.84. The zero-order valence-electron chi connectivity index (χ0n) is 14.7. The Balaban J connectivity index is 1.74. The highest BCUT2D eigenvalue weighted by molar-refractivity contribution is 7.98. The van der Waals surface area contributed by atoms with E-state index in [2.05, 4.69) is 36.2 Å². The van der Waals surface area contributed by atoms with Crippen molar-refractivity contribution in [1.29, 1.82) is 0 Å². The Labute approximate surface area is 155 Å². The largest absolute Gasteiger partial charge is 0.355 e. The van der Waals surface area contributed by atoms with Crippen LogP contribution in [0.25, 0.3) is 22.2 Å². The first kappa shape index (κ1) is 16.7. The van der Waals surface area contributed by atoms with Crippen LogP contribution in [0.3, 0.4) is 0 Å². The third kappa shape index (κ3) is 3.06. The molecule has 4 nitrogen and oxygen atoms in total. The average molecular weight is 361 g/mol. The fourth-order valence-electron chi connectivity index (χ4n) is 2.92. The molecule has 0 bridgehead atoms. The molecule has 0 radical (unpaired) electrons. The lowest BCUT2D eigenvalue weighted by Crippen LogP contribution is -2.20. The fraction of sp³-hybridized carbons (Fsp3) is 0.143. The maximum atomic E-state index is 12.7. The zero-order valence-corrected chi connectivity index (χ0v) is 15.5. The van der Waals surface area contributed by atoms with E-state index in [4.69, 9.17) is 4.98 Å². The molecule has 130 valence electrons. The van der Waals surface area contributed by atoms with Crippen LogP contribution in [0.4, 0.5) is 0 Å². The number of H-pyrrole nitrogens is 1. The Hall–Kier alpha value is -2.79. The van der Waals surface area contributed by atoms with E-state index in [0.29, 0.717) is 5.52 Å². The number of fused-ring (bicyclic) bond motifs is 1. The number of rotatable bonds is 4. The summed E-state index contributed by atoms with van der Waals surface area (Å²) in [6.07, 6.45) is 1.86. The number of benzene rings is 2. The first-order valence-electron chi connectivity index (χ1n) is 8.45. The van der Waals surface area contributed by atoms with Gasteiger partial charge in [0.1, 0.15) is 11.0 Å². The van der Waals surface area contributed by atoms with Gasteiger partial charge in [-0.15, -0.1) is 0 Å². The van der Waals surface area contributed by atoms with Gasteiger partial charge in [0.05, 0.1) is 0 Å². The van der Waals surface area contributed by atoms with Crippen LogP contribution in [-0.2, 0) is 12.8 Å². The van der Waals surface area contributed by atoms with Gasteiger partial charge in [-0.2, -0.15) is 0 Å². The second-order valence-electron chi connectivity index (χ2n) is 6.32. The summed E-state index contributed by atoms with van der Waals surface area (Å²) in [6.45, 7) is 2.08. The summed E-state index contributed by atoms with van der Waals surface area (Å²) in [7, 11) is 1.77. The minimum Gasteiger partial charge on any atom is -0.355 e. The molecule has 0 aliphatic heterocycles. The Morgan fingerprint density at radius 3 is 2.54 bits per heavy atom. The van der Waals surface area contributed by atoms with Crippen LogP contribution in [0.1, 0.15) is 11.1 Å². The Morgan fingerprint density at radius 1 is 1.08 bits per heavy atom. The summed E-state index contributed by atoms with van der Waals surface area (Å²) in [5.41, 5.74) is 5.68. The topological polar surface area (TPSA) is 50.7 Å². The van der Waals surface area contributed by atoms with Crippen LogP contribution in [0.5, 0.6) is 0 Å². The highest BCUT2D eigenvalue weighted by Gasteiger charge is 2.14. The molecule has 0 atom stereocenters. The summed E-state index contributed by atoms with van der Waals surface area (Å²) in [5.74, 6) is 0.775. The quantitative estimate of drug-likeness (QED) is 0.429. The van der Waals surface area contributed by atoms with Gasteiger partial charge in [0, 0.05) is 24.6 Å². The van der Waals surface area contributed by atoms with Gasteiger partial charge in [-0.05, 0) is 18.1 Å². The van der Waals surface area contributed by atoms with Crippen molar-refractivity contribution in [2.24, 2.45) is 7.05 Å². The number of hydrogen-bond donors (Lipinski definition) is 1. The number of thioether (sulfide) groups is 1. The molecule has 2 aromatic heterocycles. The van der Waals surface area contributed by atoms with Crippen molar-refractivity contribution in [3.05, 3.63) is 82.3 Å². The molecule has 4 aromatic rings. The van der Waals surface area contributed by atoms with Crippen LogP contribution in [-0.4, -0.2) is 14.5 Å². The first-order chi connectivity index (χ1) is 12.6. The number of hydrogen-bond acceptors (Lipinski definition) is 3. The molecule has 0 saturated heterocycles. The molecule has 0 amide bonds. The van der Waals surface area contributed by atoms with E-state index in [0.717, 1.165) is 27.6 Å². The Bertz CT molecular complexity index is 1110. The number of nitrogens with zero attached hydrogens (tertiary/aromatic N) is 2. The molecule has 4 rings (SSSR count). The molecule has 0 saturated carbocycles. The predicted molar refractivity (Wildman–Crippen MR) is 108 cm³/mol. The van der Waals surface area contributed by atoms with E-state index in [9.17, 15) is 4.79 Å². The number of nitrogens with one attached hydrogen (secondary N) is 1. The molecule has 1 N–H and O–H groups in total. The summed E-state index contributed by atoms with van der Waals surface area (Å²) < 4.78 is 1.62. The van der Waals surface area contributed by atoms with E-state index >= 15 is 0 Å². The summed E-state index contributed by atoms with van der Waals surface area (Å²) in [5, 5.41) is 0.722. The lowest BCUT2D eigenvalue weighted by atomic mass is 10.1. The molecular weight excluding hydrogens is 342 g/mol. The van der Waals surface area contributed by atoms with Crippen LogP contribution in [0.2, 0.25) is 0 Å². The summed E-state index contributed by atoms with van der Waals surface area (Å²) >= 11 is 1.58. The van der Waals surface area contributed by atoms with Crippen molar-refractivity contribution in [2.45, 2.75) is 17.8 Å². The third-order valence-electron chi connectivity index (χ3n) is 4.44. The van der Waals surface area contributed by atoms with Gasteiger partial charge in [-0.3, -0.25) is 9.36 Å². The van der Waals surface area contributed by atoms with Gasteiger partial charge in [-0.25, -0.2) is 4.98 Å². The molecule has 0 spiro atoms. The van der Waals surface area contributed by atoms with Crippen molar-refractivity contribution in [1.82, 2.24) is 14.5 Å². The lowest BCUT2D eigenvalue weighted by molar-refractivity contribution is 0.725. The fourth-order valence-corrected chi connectivity index (χ4v) is 3.84. The highest BCUT2D eigenvalue weighted by atomic mass is 32.2. The second-order valence-corrected chi connectivity index (χ2v) is 7.27. The summed E-state index contributed by atoms with van der Waals surface area (Å²) in [6, 6.07) is 18.5. The molecule has 0 fully saturated rings. The Kier molecular flexibility index (Phi) is 4.39. The first-order valence-corrected chi connectivity index (χ1v) is 9.44. The Morgan fingerprint density at radius 2 is 1.81 bits per heavy atom. The van der Waals surface area contributed by atoms with Gasteiger partial charge in [-0.1, -0.05) is 71.9 Å². The van der Waals surface area contributed by atoms with Gasteiger partial charge in [0.25, 0.3) is 5.56 Å². The molecule has 2 heterocycles. The maximum Gasteiger partial charge on any atom is 0.278 e. The number of aromatic amines is 1. The lowest BCUT2D eigenvalue weighted by Gasteiger charge is -2.08. The molecule has 0 aliphatic rings. The number of aryl methyl sites for hydroxylation is 1. The van der Waals surface area contributed by atoms with Gasteiger partial charge >= 0.3 is 0 Å². The van der Waals surface area contributed by atoms with Gasteiger partial charge < -0.3 is 4.98 Å². The normalized spacial score (nSPS) is 11.2. The van der Waals surface area contributed by atoms with Gasteiger partial charge in [0.2, 0.25) is 0 Å². The molecule has 5 heteroatoms. The van der Waals surface area contributed by atoms with Crippen molar-refractivity contribution in [2.75, 3.05) is 0 Å². The smallest absolute Gasteiger partial charge is 0.278 e. The standard InChI is InChI=1S/C21H19N3OS/c1-14-8-10-15(11-9-14)13-26-21-23-18-17(16-6-4-3-5-7-16)12-22-19(18)20(25)24(21)2/h3-12,22H,13H2,1-2H3. The molecule has 26 heavy (non-hydrogen) atoms. The van der Waals surface area contributed by atoms with Crippen LogP contribution in [0, 0.1) is 6.92 Å². The molecule has 0 unspecified atom stereocenters. The summed E-state index contributed by atoms with van der Waals surface area (Å²) in [4.78, 5) is 20.6. The maximum absolute atomic E-state index is 12.7. The van der Waals surface area contributed by atoms with Crippen LogP contribution >= 0.6 is 11.8 Å². The van der Waals surface area contributed by atoms with Crippen molar-refractivity contribution in [3.63, 3.8) is 0 Å². The van der Waals surface area contributed by atoms with Crippen molar-refractivity contribution < 1.29 is 0 Å². The van der Waals surface area contributed by atoms with Crippen LogP contribution < -0.4 is 5.56 Å². The molecule has 2 aromatic carbocycles. The molecule has 0 aliphatic carbocycles. The van der Waals surface area contributed by atoms with Gasteiger partial charge in [0.15, 0.2) is 5.16 Å². The van der Waals surface area contributed by atoms with E-state index < -0.39 is 0 Å². The number of aromatic nitrogens is 3. The van der Waals surface area contributed by atoms with E-state index in [-0.39, 0.29) is 5.56 Å². The minimum atomic E-state index is -0.0522.